The molecule has 1 saturated heterocycles. The van der Waals surface area contributed by atoms with E-state index in [-0.39, 0.29) is 0 Å². The molecule has 0 aliphatic carbocycles. The molecule has 1 heterocycles. The fourth-order valence-corrected chi connectivity index (χ4v) is 2.97. The van der Waals surface area contributed by atoms with Gasteiger partial charge in [-0.05, 0) is 49.6 Å². The Morgan fingerprint density at radius 2 is 2.16 bits per heavy atom. The molecular formula is C16H34N2O. The number of aliphatic hydroxyl groups is 1. The number of hydrogen-bond acceptors (Lipinski definition) is 3. The highest BCUT2D eigenvalue weighted by Crippen LogP contribution is 2.26. The standard InChI is InChI=1S/C16H34N2O/c1-5-16(4,12-17-10-14(2)3)13-18-8-6-15(11-18)7-9-19/h14-15,17,19H,5-13H2,1-4H3. The summed E-state index contributed by atoms with van der Waals surface area (Å²) < 4.78 is 0. The molecule has 0 radical (unpaired) electrons. The smallest absolute Gasteiger partial charge is 0.0434 e. The molecule has 1 aliphatic rings. The van der Waals surface area contributed by atoms with E-state index in [1.807, 2.05) is 0 Å². The summed E-state index contributed by atoms with van der Waals surface area (Å²) in [6.07, 6.45) is 3.46. The van der Waals surface area contributed by atoms with Crippen LogP contribution in [0.15, 0.2) is 0 Å². The predicted octanol–water partition coefficient (Wildman–Crippen LogP) is 2.35. The average molecular weight is 270 g/mol. The Morgan fingerprint density at radius 1 is 1.42 bits per heavy atom. The third-order valence-electron chi connectivity index (χ3n) is 4.47. The molecule has 2 N–H and O–H groups in total. The lowest BCUT2D eigenvalue weighted by Gasteiger charge is -2.33. The molecule has 3 heteroatoms. The van der Waals surface area contributed by atoms with Crippen LogP contribution in [0.2, 0.25) is 0 Å². The number of hydrogen-bond donors (Lipinski definition) is 2. The van der Waals surface area contributed by atoms with Crippen molar-refractivity contribution < 1.29 is 5.11 Å². The molecule has 0 saturated carbocycles. The summed E-state index contributed by atoms with van der Waals surface area (Å²) in [5, 5.41) is 12.7. The van der Waals surface area contributed by atoms with Gasteiger partial charge in [0.2, 0.25) is 0 Å². The number of aliphatic hydroxyl groups excluding tert-OH is 1. The van der Waals surface area contributed by atoms with Crippen LogP contribution < -0.4 is 5.32 Å². The van der Waals surface area contributed by atoms with Crippen LogP contribution in [0.1, 0.15) is 47.0 Å². The minimum absolute atomic E-state index is 0.347. The molecule has 19 heavy (non-hydrogen) atoms. The molecule has 0 bridgehead atoms. The first-order valence-corrected chi connectivity index (χ1v) is 8.03. The van der Waals surface area contributed by atoms with Gasteiger partial charge in [-0.1, -0.05) is 27.7 Å². The summed E-state index contributed by atoms with van der Waals surface area (Å²) in [6, 6.07) is 0. The van der Waals surface area contributed by atoms with E-state index >= 15 is 0 Å². The van der Waals surface area contributed by atoms with Crippen molar-refractivity contribution in [2.45, 2.75) is 47.0 Å². The van der Waals surface area contributed by atoms with Crippen LogP contribution in [0.3, 0.4) is 0 Å². The molecule has 0 aromatic carbocycles. The molecule has 0 spiro atoms. The second-order valence-electron chi connectivity index (χ2n) is 7.09. The first kappa shape index (κ1) is 16.9. The lowest BCUT2D eigenvalue weighted by Crippen LogP contribution is -2.42. The maximum atomic E-state index is 9.03. The van der Waals surface area contributed by atoms with E-state index in [0.717, 1.165) is 31.3 Å². The van der Waals surface area contributed by atoms with E-state index in [4.69, 9.17) is 5.11 Å². The Kier molecular flexibility index (Phi) is 7.33. The van der Waals surface area contributed by atoms with Gasteiger partial charge in [0.15, 0.2) is 0 Å². The number of nitrogens with zero attached hydrogens (tertiary/aromatic N) is 1. The molecule has 1 aliphatic heterocycles. The van der Waals surface area contributed by atoms with Crippen LogP contribution in [-0.4, -0.2) is 49.3 Å². The molecule has 0 aromatic heterocycles. The Balaban J connectivity index is 2.34. The van der Waals surface area contributed by atoms with Gasteiger partial charge in [0.1, 0.15) is 0 Å². The van der Waals surface area contributed by atoms with Gasteiger partial charge in [0.25, 0.3) is 0 Å². The Morgan fingerprint density at radius 3 is 2.74 bits per heavy atom. The van der Waals surface area contributed by atoms with Crippen molar-refractivity contribution in [2.24, 2.45) is 17.3 Å². The van der Waals surface area contributed by atoms with Crippen molar-refractivity contribution in [2.75, 3.05) is 39.3 Å². The molecule has 1 rings (SSSR count). The molecule has 2 atom stereocenters. The Labute approximate surface area is 119 Å². The van der Waals surface area contributed by atoms with Gasteiger partial charge in [0.05, 0.1) is 0 Å². The molecular weight excluding hydrogens is 236 g/mol. The second kappa shape index (κ2) is 8.23. The van der Waals surface area contributed by atoms with Gasteiger partial charge in [-0.15, -0.1) is 0 Å². The highest BCUT2D eigenvalue weighted by Gasteiger charge is 2.29. The van der Waals surface area contributed by atoms with Gasteiger partial charge in [-0.2, -0.15) is 0 Å². The third kappa shape index (κ3) is 6.24. The fraction of sp³-hybridized carbons (Fsp3) is 1.00. The van der Waals surface area contributed by atoms with Crippen LogP contribution in [0, 0.1) is 17.3 Å². The normalized spacial score (nSPS) is 24.0. The maximum Gasteiger partial charge on any atom is 0.0434 e. The van der Waals surface area contributed by atoms with Crippen LogP contribution in [0.5, 0.6) is 0 Å². The average Bonchev–Trinajstić information content (AvgIpc) is 2.76. The minimum atomic E-state index is 0.347. The third-order valence-corrected chi connectivity index (χ3v) is 4.47. The predicted molar refractivity (Wildman–Crippen MR) is 82.4 cm³/mol. The highest BCUT2D eigenvalue weighted by molar-refractivity contribution is 4.84. The van der Waals surface area contributed by atoms with Crippen molar-refractivity contribution in [3.63, 3.8) is 0 Å². The fourth-order valence-electron chi connectivity index (χ4n) is 2.97. The quantitative estimate of drug-likeness (QED) is 0.675. The lowest BCUT2D eigenvalue weighted by atomic mass is 9.86. The number of likely N-dealkylation sites (tertiary alicyclic amines) is 1. The second-order valence-corrected chi connectivity index (χ2v) is 7.09. The zero-order chi connectivity index (χ0) is 14.3. The van der Waals surface area contributed by atoms with Crippen LogP contribution in [0.4, 0.5) is 0 Å². The summed E-state index contributed by atoms with van der Waals surface area (Å²) in [5.74, 6) is 1.44. The summed E-state index contributed by atoms with van der Waals surface area (Å²) in [6.45, 7) is 15.4. The zero-order valence-corrected chi connectivity index (χ0v) is 13.4. The largest absolute Gasteiger partial charge is 0.396 e. The van der Waals surface area contributed by atoms with Crippen LogP contribution in [0.25, 0.3) is 0 Å². The maximum absolute atomic E-state index is 9.03. The first-order chi connectivity index (χ1) is 8.99. The SMILES string of the molecule is CCC(C)(CNCC(C)C)CN1CCC(CCO)C1. The Bertz CT molecular complexity index is 245. The number of rotatable bonds is 9. The van der Waals surface area contributed by atoms with Gasteiger partial charge < -0.3 is 15.3 Å². The first-order valence-electron chi connectivity index (χ1n) is 8.03. The summed E-state index contributed by atoms with van der Waals surface area (Å²) >= 11 is 0. The van der Waals surface area contributed by atoms with E-state index in [9.17, 15) is 0 Å². The molecule has 0 aromatic rings. The van der Waals surface area contributed by atoms with Crippen molar-refractivity contribution in [3.8, 4) is 0 Å². The molecule has 3 nitrogen and oxygen atoms in total. The van der Waals surface area contributed by atoms with Gasteiger partial charge >= 0.3 is 0 Å². The highest BCUT2D eigenvalue weighted by atomic mass is 16.3. The lowest BCUT2D eigenvalue weighted by molar-refractivity contribution is 0.171. The van der Waals surface area contributed by atoms with Crippen molar-refractivity contribution >= 4 is 0 Å². The van der Waals surface area contributed by atoms with Crippen LogP contribution in [-0.2, 0) is 0 Å². The van der Waals surface area contributed by atoms with Crippen molar-refractivity contribution in [1.82, 2.24) is 10.2 Å². The molecule has 114 valence electrons. The van der Waals surface area contributed by atoms with E-state index in [0.29, 0.717) is 12.0 Å². The monoisotopic (exact) mass is 270 g/mol. The van der Waals surface area contributed by atoms with E-state index in [1.165, 1.54) is 32.5 Å². The molecule has 0 amide bonds. The zero-order valence-electron chi connectivity index (χ0n) is 13.4. The van der Waals surface area contributed by atoms with Gasteiger partial charge in [0, 0.05) is 26.2 Å². The molecule has 1 fully saturated rings. The van der Waals surface area contributed by atoms with E-state index in [2.05, 4.69) is 37.9 Å². The van der Waals surface area contributed by atoms with Gasteiger partial charge in [-0.3, -0.25) is 0 Å². The van der Waals surface area contributed by atoms with Crippen LogP contribution >= 0.6 is 0 Å². The van der Waals surface area contributed by atoms with Crippen molar-refractivity contribution in [1.29, 1.82) is 0 Å². The number of nitrogens with one attached hydrogen (secondary N) is 1. The van der Waals surface area contributed by atoms with E-state index in [1.54, 1.807) is 0 Å². The van der Waals surface area contributed by atoms with Crippen molar-refractivity contribution in [3.05, 3.63) is 0 Å². The van der Waals surface area contributed by atoms with E-state index < -0.39 is 0 Å². The topological polar surface area (TPSA) is 35.5 Å². The Hall–Kier alpha value is -0.120. The molecule has 2 unspecified atom stereocenters. The summed E-state index contributed by atoms with van der Waals surface area (Å²) in [4.78, 5) is 2.60. The summed E-state index contributed by atoms with van der Waals surface area (Å²) in [7, 11) is 0. The minimum Gasteiger partial charge on any atom is -0.396 e. The van der Waals surface area contributed by atoms with Gasteiger partial charge in [-0.25, -0.2) is 0 Å². The summed E-state index contributed by atoms with van der Waals surface area (Å²) in [5.41, 5.74) is 0.378.